The molecule has 0 heterocycles. The lowest BCUT2D eigenvalue weighted by molar-refractivity contribution is 0.300. The highest BCUT2D eigenvalue weighted by molar-refractivity contribution is 6.10. The predicted molar refractivity (Wildman–Crippen MR) is 268 cm³/mol. The van der Waals surface area contributed by atoms with Crippen molar-refractivity contribution in [3.63, 3.8) is 0 Å². The second kappa shape index (κ2) is 22.8. The van der Waals surface area contributed by atoms with Gasteiger partial charge in [-0.25, -0.2) is 0 Å². The van der Waals surface area contributed by atoms with Crippen molar-refractivity contribution in [2.24, 2.45) is 11.8 Å². The molecule has 2 fully saturated rings. The quantitative estimate of drug-likeness (QED) is 0.0676. The summed E-state index contributed by atoms with van der Waals surface area (Å²) in [4.78, 5) is 0. The Bertz CT molecular complexity index is 2190. The first-order chi connectivity index (χ1) is 31.5. The number of ether oxygens (including phenoxy) is 4. The van der Waals surface area contributed by atoms with Crippen LogP contribution in [0, 0.1) is 11.8 Å². The van der Waals surface area contributed by atoms with E-state index < -0.39 is 0 Å². The molecule has 0 atom stereocenters. The van der Waals surface area contributed by atoms with Gasteiger partial charge in [-0.1, -0.05) is 126 Å². The van der Waals surface area contributed by atoms with Gasteiger partial charge in [0.05, 0.1) is 13.2 Å². The summed E-state index contributed by atoms with van der Waals surface area (Å²) in [6, 6.07) is 39.8. The molecule has 0 N–H and O–H groups in total. The maximum atomic E-state index is 6.39. The molecule has 0 radical (unpaired) electrons. The van der Waals surface area contributed by atoms with E-state index in [0.29, 0.717) is 38.3 Å². The molecule has 2 aliphatic carbocycles. The summed E-state index contributed by atoms with van der Waals surface area (Å²) in [6.45, 7) is 10.9. The van der Waals surface area contributed by atoms with Crippen LogP contribution >= 0.6 is 0 Å². The van der Waals surface area contributed by atoms with E-state index >= 15 is 0 Å². The van der Waals surface area contributed by atoms with Gasteiger partial charge in [0.1, 0.15) is 36.2 Å². The molecule has 64 heavy (non-hydrogen) atoms. The molecule has 4 heteroatoms. The fraction of sp³-hybridized carbons (Fsp3) is 0.467. The van der Waals surface area contributed by atoms with Crippen LogP contribution in [0.2, 0.25) is 0 Å². The van der Waals surface area contributed by atoms with E-state index in [1.807, 2.05) is 13.8 Å². The molecule has 0 bridgehead atoms. The van der Waals surface area contributed by atoms with Crippen LogP contribution in [0.4, 0.5) is 0 Å². The average molecular weight is 859 g/mol. The molecule has 2 saturated carbocycles. The van der Waals surface area contributed by atoms with Gasteiger partial charge in [0.2, 0.25) is 0 Å². The smallest absolute Gasteiger partial charge is 0.127 e. The minimum absolute atomic E-state index is 0.508. The second-order valence-corrected chi connectivity index (χ2v) is 19.0. The molecule has 0 saturated heterocycles. The molecule has 338 valence electrons. The van der Waals surface area contributed by atoms with Crippen LogP contribution < -0.4 is 18.9 Å². The van der Waals surface area contributed by atoms with Gasteiger partial charge in [-0.2, -0.15) is 0 Å². The lowest BCUT2D eigenvalue weighted by Gasteiger charge is -2.29. The minimum atomic E-state index is 0.508. The monoisotopic (exact) mass is 859 g/mol. The number of benzene rings is 6. The second-order valence-electron chi connectivity index (χ2n) is 19.0. The maximum Gasteiger partial charge on any atom is 0.127 e. The molecule has 4 nitrogen and oxygen atoms in total. The van der Waals surface area contributed by atoms with Gasteiger partial charge in [-0.05, 0) is 181 Å². The zero-order valence-electron chi connectivity index (χ0n) is 39.5. The highest BCUT2D eigenvalue weighted by atomic mass is 16.5. The van der Waals surface area contributed by atoms with Gasteiger partial charge in [0.15, 0.2) is 0 Å². The van der Waals surface area contributed by atoms with Gasteiger partial charge >= 0.3 is 0 Å². The van der Waals surface area contributed by atoms with Gasteiger partial charge < -0.3 is 18.9 Å². The zero-order valence-corrected chi connectivity index (χ0v) is 39.5. The molecular weight excluding hydrogens is 785 g/mol. The Morgan fingerprint density at radius 1 is 0.406 bits per heavy atom. The highest BCUT2D eigenvalue weighted by Crippen LogP contribution is 2.46. The van der Waals surface area contributed by atoms with Crippen LogP contribution in [0.5, 0.6) is 23.0 Å². The van der Waals surface area contributed by atoms with Crippen LogP contribution in [-0.4, -0.2) is 13.2 Å². The van der Waals surface area contributed by atoms with Crippen molar-refractivity contribution < 1.29 is 18.9 Å². The fourth-order valence-electron chi connectivity index (χ4n) is 10.9. The lowest BCUT2D eigenvalue weighted by Crippen LogP contribution is -2.13. The van der Waals surface area contributed by atoms with Crippen molar-refractivity contribution in [3.8, 4) is 34.1 Å². The van der Waals surface area contributed by atoms with Crippen molar-refractivity contribution in [2.45, 2.75) is 155 Å². The number of fused-ring (bicyclic) bond motifs is 2. The summed E-state index contributed by atoms with van der Waals surface area (Å²) in [5, 5.41) is 4.54. The first-order valence-electron chi connectivity index (χ1n) is 25.4. The van der Waals surface area contributed by atoms with Crippen LogP contribution in [0.1, 0.15) is 165 Å². The Labute approximate surface area is 385 Å². The molecule has 0 spiro atoms. The van der Waals surface area contributed by atoms with Gasteiger partial charge in [0, 0.05) is 11.1 Å². The van der Waals surface area contributed by atoms with E-state index in [1.165, 1.54) is 114 Å². The van der Waals surface area contributed by atoms with E-state index in [9.17, 15) is 0 Å². The van der Waals surface area contributed by atoms with Crippen molar-refractivity contribution in [3.05, 3.63) is 131 Å². The van der Waals surface area contributed by atoms with Gasteiger partial charge in [-0.15, -0.1) is 0 Å². The average Bonchev–Trinajstić information content (AvgIpc) is 3.34. The maximum absolute atomic E-state index is 6.39. The van der Waals surface area contributed by atoms with Crippen LogP contribution in [-0.2, 0) is 13.2 Å². The van der Waals surface area contributed by atoms with Crippen LogP contribution in [0.15, 0.2) is 109 Å². The Kier molecular flexibility index (Phi) is 16.2. The molecule has 0 unspecified atom stereocenters. The molecule has 2 aliphatic rings. The third kappa shape index (κ3) is 11.5. The molecule has 6 aromatic rings. The van der Waals surface area contributed by atoms with E-state index in [-0.39, 0.29) is 0 Å². The lowest BCUT2D eigenvalue weighted by atomic mass is 9.77. The topological polar surface area (TPSA) is 36.9 Å². The fourth-order valence-corrected chi connectivity index (χ4v) is 10.9. The van der Waals surface area contributed by atoms with Crippen molar-refractivity contribution in [1.82, 2.24) is 0 Å². The van der Waals surface area contributed by atoms with E-state index in [1.54, 1.807) is 0 Å². The summed E-state index contributed by atoms with van der Waals surface area (Å²) in [5.74, 6) is 6.78. The third-order valence-corrected chi connectivity index (χ3v) is 14.6. The first kappa shape index (κ1) is 45.6. The van der Waals surface area contributed by atoms with Crippen LogP contribution in [0.25, 0.3) is 32.7 Å². The summed E-state index contributed by atoms with van der Waals surface area (Å²) in [5.41, 5.74) is 7.31. The Morgan fingerprint density at radius 2 is 0.812 bits per heavy atom. The molecule has 6 aromatic carbocycles. The molecule has 0 aromatic heterocycles. The number of unbranched alkanes of at least 4 members (excludes halogenated alkanes) is 4. The minimum Gasteiger partial charge on any atom is -0.493 e. The van der Waals surface area contributed by atoms with E-state index in [0.717, 1.165) is 78.6 Å². The first-order valence-corrected chi connectivity index (χ1v) is 25.4. The summed E-state index contributed by atoms with van der Waals surface area (Å²) >= 11 is 0. The Morgan fingerprint density at radius 3 is 1.19 bits per heavy atom. The third-order valence-electron chi connectivity index (χ3n) is 14.6. The van der Waals surface area contributed by atoms with Crippen LogP contribution in [0.3, 0.4) is 0 Å². The number of rotatable bonds is 21. The molecular formula is C60H74O4. The normalized spacial score (nSPS) is 18.9. The summed E-state index contributed by atoms with van der Waals surface area (Å²) in [6.07, 6.45) is 21.8. The Hall–Kier alpha value is -4.96. The Balaban J connectivity index is 0.950. The van der Waals surface area contributed by atoms with Gasteiger partial charge in [0.25, 0.3) is 0 Å². The zero-order chi connectivity index (χ0) is 44.1. The molecule has 0 amide bonds. The van der Waals surface area contributed by atoms with Gasteiger partial charge in [-0.3, -0.25) is 0 Å². The predicted octanol–water partition coefficient (Wildman–Crippen LogP) is 17.3. The number of hydrogen-bond acceptors (Lipinski definition) is 4. The largest absolute Gasteiger partial charge is 0.493 e. The number of hydrogen-bond donors (Lipinski definition) is 0. The SMILES string of the molecule is CCCCCC1CCC(c2ccc(OCc3ccc4c(-c5c(OCC)ccc6cc(COc7ccc(C8CCC(CCCCC)CC8)cc7)ccc56)c(OCC)ccc4c3)cc2)CC1. The van der Waals surface area contributed by atoms with Crippen molar-refractivity contribution in [1.29, 1.82) is 0 Å². The van der Waals surface area contributed by atoms with E-state index in [2.05, 4.69) is 123 Å². The highest BCUT2D eigenvalue weighted by Gasteiger charge is 2.24. The van der Waals surface area contributed by atoms with Crippen molar-refractivity contribution in [2.75, 3.05) is 13.2 Å². The standard InChI is InChI=1S/C60H74O4/c1-5-9-11-13-43-15-21-47(22-16-43)49-25-31-53(32-26-49)63-41-45-19-35-55-51(39-45)29-37-57(61-7-3)59(55)60-56-36-20-46(40-52(56)30-38-58(60)62-8-4)42-64-54-33-27-50(28-34-54)48-23-17-44(18-24-48)14-12-10-6-2/h19-20,25-40,43-44,47-48H,5-18,21-24,41-42H2,1-4H3. The summed E-state index contributed by atoms with van der Waals surface area (Å²) in [7, 11) is 0. The molecule has 8 rings (SSSR count). The summed E-state index contributed by atoms with van der Waals surface area (Å²) < 4.78 is 25.5. The van der Waals surface area contributed by atoms with Crippen molar-refractivity contribution >= 4 is 21.5 Å². The molecule has 0 aliphatic heterocycles. The van der Waals surface area contributed by atoms with E-state index in [4.69, 9.17) is 18.9 Å².